The molecule has 9 heteroatoms. The lowest BCUT2D eigenvalue weighted by Gasteiger charge is -2.21. The van der Waals surface area contributed by atoms with Crippen LogP contribution in [-0.2, 0) is 10.2 Å². The summed E-state index contributed by atoms with van der Waals surface area (Å²) in [7, 11) is 1.58. The molecule has 3 amide bonds. The number of amides is 3. The monoisotopic (exact) mass is 522 g/mol. The van der Waals surface area contributed by atoms with Crippen molar-refractivity contribution in [3.8, 4) is 16.9 Å². The number of carbonyl (C=O) groups excluding carboxylic acids is 2. The average Bonchev–Trinajstić information content (AvgIpc) is 3.29. The van der Waals surface area contributed by atoms with Gasteiger partial charge in [-0.25, -0.2) is 9.78 Å². The minimum absolute atomic E-state index is 0.0786. The molecule has 39 heavy (non-hydrogen) atoms. The number of nitrogens with one attached hydrogen (secondary N) is 4. The third-order valence-electron chi connectivity index (χ3n) is 6.43. The number of H-pyrrole nitrogens is 1. The first-order valence-corrected chi connectivity index (χ1v) is 12.5. The van der Waals surface area contributed by atoms with E-state index in [9.17, 15) is 9.59 Å². The standard InChI is InChI=1S/C30H30N6O3/c1-17(37)32-28-33-25-14-18(16-31-27(25)36-28)20-11-12-23(22-9-7-6-8-21(20)22)34-29(38)35-24-15-19(30(2,3)4)10-13-26(24)39-5/h6-16H,1-5H3,(H2,34,35,38)(H2,31,32,33,36,37). The molecule has 0 atom stereocenters. The summed E-state index contributed by atoms with van der Waals surface area (Å²) < 4.78 is 5.47. The summed E-state index contributed by atoms with van der Waals surface area (Å²) in [4.78, 5) is 36.3. The average molecular weight is 523 g/mol. The normalized spacial score (nSPS) is 11.4. The second-order valence-electron chi connectivity index (χ2n) is 10.3. The van der Waals surface area contributed by atoms with Crippen molar-refractivity contribution < 1.29 is 14.3 Å². The van der Waals surface area contributed by atoms with Crippen molar-refractivity contribution in [2.75, 3.05) is 23.1 Å². The van der Waals surface area contributed by atoms with Gasteiger partial charge in [0, 0.05) is 24.1 Å². The minimum Gasteiger partial charge on any atom is -0.495 e. The van der Waals surface area contributed by atoms with Crippen LogP contribution in [0.1, 0.15) is 33.3 Å². The van der Waals surface area contributed by atoms with Crippen molar-refractivity contribution in [3.05, 3.63) is 72.4 Å². The second kappa shape index (κ2) is 10.1. The van der Waals surface area contributed by atoms with Crippen LogP contribution in [0.2, 0.25) is 0 Å². The van der Waals surface area contributed by atoms with Gasteiger partial charge in [-0.05, 0) is 46.2 Å². The zero-order valence-corrected chi connectivity index (χ0v) is 22.5. The number of urea groups is 1. The number of imidazole rings is 1. The van der Waals surface area contributed by atoms with E-state index in [2.05, 4.69) is 51.7 Å². The van der Waals surface area contributed by atoms with Gasteiger partial charge in [0.05, 0.1) is 24.0 Å². The highest BCUT2D eigenvalue weighted by atomic mass is 16.5. The maximum Gasteiger partial charge on any atom is 0.323 e. The number of hydrogen-bond acceptors (Lipinski definition) is 5. The van der Waals surface area contributed by atoms with Crippen LogP contribution in [0, 0.1) is 0 Å². The predicted molar refractivity (Wildman–Crippen MR) is 155 cm³/mol. The second-order valence-corrected chi connectivity index (χ2v) is 10.3. The molecule has 4 N–H and O–H groups in total. The Balaban J connectivity index is 1.45. The smallest absolute Gasteiger partial charge is 0.323 e. The zero-order valence-electron chi connectivity index (χ0n) is 22.5. The highest BCUT2D eigenvalue weighted by Gasteiger charge is 2.18. The Kier molecular flexibility index (Phi) is 6.66. The number of aromatic amines is 1. The van der Waals surface area contributed by atoms with Crippen LogP contribution in [0.3, 0.4) is 0 Å². The van der Waals surface area contributed by atoms with E-state index in [1.165, 1.54) is 6.92 Å². The van der Waals surface area contributed by atoms with Crippen LogP contribution in [-0.4, -0.2) is 34.0 Å². The molecule has 5 rings (SSSR count). The Labute approximate surface area is 226 Å². The lowest BCUT2D eigenvalue weighted by molar-refractivity contribution is -0.114. The first-order valence-electron chi connectivity index (χ1n) is 12.5. The number of anilines is 3. The van der Waals surface area contributed by atoms with Gasteiger partial charge < -0.3 is 20.4 Å². The molecule has 0 spiro atoms. The van der Waals surface area contributed by atoms with Gasteiger partial charge in [0.25, 0.3) is 0 Å². The summed E-state index contributed by atoms with van der Waals surface area (Å²) in [6, 6.07) is 19.1. The van der Waals surface area contributed by atoms with E-state index in [-0.39, 0.29) is 17.4 Å². The van der Waals surface area contributed by atoms with Crippen molar-refractivity contribution in [1.29, 1.82) is 0 Å². The molecule has 0 fully saturated rings. The Morgan fingerprint density at radius 2 is 1.64 bits per heavy atom. The van der Waals surface area contributed by atoms with Crippen LogP contribution in [0.5, 0.6) is 5.75 Å². The molecular weight excluding hydrogens is 492 g/mol. The molecule has 0 saturated heterocycles. The summed E-state index contributed by atoms with van der Waals surface area (Å²) in [5.41, 5.74) is 5.30. The topological polar surface area (TPSA) is 121 Å². The number of carbonyl (C=O) groups is 2. The van der Waals surface area contributed by atoms with E-state index < -0.39 is 0 Å². The van der Waals surface area contributed by atoms with Crippen LogP contribution in [0.25, 0.3) is 33.1 Å². The van der Waals surface area contributed by atoms with Crippen molar-refractivity contribution in [3.63, 3.8) is 0 Å². The van der Waals surface area contributed by atoms with E-state index in [1.807, 2.05) is 60.7 Å². The van der Waals surface area contributed by atoms with Crippen LogP contribution in [0.4, 0.5) is 22.1 Å². The Morgan fingerprint density at radius 1 is 0.897 bits per heavy atom. The van der Waals surface area contributed by atoms with Gasteiger partial charge in [0.1, 0.15) is 5.75 Å². The Bertz CT molecular complexity index is 1720. The number of pyridine rings is 1. The maximum absolute atomic E-state index is 13.1. The molecule has 2 aromatic heterocycles. The van der Waals surface area contributed by atoms with Gasteiger partial charge in [-0.15, -0.1) is 0 Å². The summed E-state index contributed by atoms with van der Waals surface area (Å²) in [5, 5.41) is 10.4. The first-order chi connectivity index (χ1) is 18.6. The van der Waals surface area contributed by atoms with Crippen molar-refractivity contribution in [2.45, 2.75) is 33.1 Å². The third kappa shape index (κ3) is 5.38. The predicted octanol–water partition coefficient (Wildman–Crippen LogP) is 6.69. The number of aromatic nitrogens is 3. The van der Waals surface area contributed by atoms with E-state index in [1.54, 1.807) is 13.3 Å². The van der Waals surface area contributed by atoms with Crippen molar-refractivity contribution in [2.24, 2.45) is 0 Å². The molecule has 0 aliphatic heterocycles. The lowest BCUT2D eigenvalue weighted by Crippen LogP contribution is -2.21. The molecule has 3 aromatic carbocycles. The van der Waals surface area contributed by atoms with Gasteiger partial charge in [-0.3, -0.25) is 10.1 Å². The number of ether oxygens (including phenoxy) is 1. The van der Waals surface area contributed by atoms with E-state index in [0.29, 0.717) is 34.2 Å². The van der Waals surface area contributed by atoms with Crippen LogP contribution in [0.15, 0.2) is 66.9 Å². The molecule has 5 aromatic rings. The van der Waals surface area contributed by atoms with Crippen LogP contribution < -0.4 is 20.7 Å². The van der Waals surface area contributed by atoms with Crippen LogP contribution >= 0.6 is 0 Å². The molecule has 0 aliphatic carbocycles. The molecule has 0 bridgehead atoms. The Hall–Kier alpha value is -4.92. The summed E-state index contributed by atoms with van der Waals surface area (Å²) in [6.45, 7) is 7.78. The Morgan fingerprint density at radius 3 is 2.36 bits per heavy atom. The molecule has 2 heterocycles. The third-order valence-corrected chi connectivity index (χ3v) is 6.43. The fraction of sp³-hybridized carbons (Fsp3) is 0.200. The number of methoxy groups -OCH3 is 1. The molecule has 198 valence electrons. The summed E-state index contributed by atoms with van der Waals surface area (Å²) in [6.07, 6.45) is 1.75. The fourth-order valence-corrected chi connectivity index (χ4v) is 4.48. The van der Waals surface area contributed by atoms with Gasteiger partial charge in [0.2, 0.25) is 11.9 Å². The number of nitrogens with zero attached hydrogens (tertiary/aromatic N) is 2. The molecule has 0 radical (unpaired) electrons. The summed E-state index contributed by atoms with van der Waals surface area (Å²) in [5.74, 6) is 0.719. The van der Waals surface area contributed by atoms with E-state index in [0.717, 1.165) is 27.5 Å². The van der Waals surface area contributed by atoms with Gasteiger partial charge in [-0.1, -0.05) is 57.2 Å². The van der Waals surface area contributed by atoms with Gasteiger partial charge in [0.15, 0.2) is 5.65 Å². The number of rotatable bonds is 5. The number of fused-ring (bicyclic) bond motifs is 2. The molecular formula is C30H30N6O3. The molecule has 0 unspecified atom stereocenters. The largest absolute Gasteiger partial charge is 0.495 e. The van der Waals surface area contributed by atoms with Crippen molar-refractivity contribution >= 4 is 51.2 Å². The molecule has 0 aliphatic rings. The quantitative estimate of drug-likeness (QED) is 0.205. The maximum atomic E-state index is 13.1. The van der Waals surface area contributed by atoms with E-state index in [4.69, 9.17) is 4.74 Å². The number of benzene rings is 3. The first kappa shape index (κ1) is 25.7. The lowest BCUT2D eigenvalue weighted by atomic mass is 9.87. The highest BCUT2D eigenvalue weighted by Crippen LogP contribution is 2.35. The number of hydrogen-bond donors (Lipinski definition) is 4. The van der Waals surface area contributed by atoms with Crippen molar-refractivity contribution in [1.82, 2.24) is 15.0 Å². The van der Waals surface area contributed by atoms with Gasteiger partial charge >= 0.3 is 6.03 Å². The fourth-order valence-electron chi connectivity index (χ4n) is 4.48. The zero-order chi connectivity index (χ0) is 27.7. The molecule has 0 saturated carbocycles. The summed E-state index contributed by atoms with van der Waals surface area (Å²) >= 11 is 0. The highest BCUT2D eigenvalue weighted by molar-refractivity contribution is 6.10. The van der Waals surface area contributed by atoms with E-state index >= 15 is 0 Å². The minimum atomic E-state index is -0.372. The van der Waals surface area contributed by atoms with Gasteiger partial charge in [-0.2, -0.15) is 4.98 Å². The SMILES string of the molecule is COc1ccc(C(C)(C)C)cc1NC(=O)Nc1ccc(-c2cnc3nc(NC(C)=O)[nH]c3c2)c2ccccc12. The molecule has 9 nitrogen and oxygen atoms in total.